The first kappa shape index (κ1) is 14.1. The van der Waals surface area contributed by atoms with E-state index in [0.29, 0.717) is 6.04 Å². The summed E-state index contributed by atoms with van der Waals surface area (Å²) in [6, 6.07) is 11.0. The molecule has 4 nitrogen and oxygen atoms in total. The van der Waals surface area contributed by atoms with Gasteiger partial charge < -0.3 is 10.2 Å². The number of aromatic nitrogens is 2. The van der Waals surface area contributed by atoms with E-state index < -0.39 is 0 Å². The first-order valence-corrected chi connectivity index (χ1v) is 7.77. The maximum Gasteiger partial charge on any atom is 0.137 e. The van der Waals surface area contributed by atoms with Crippen molar-refractivity contribution in [3.63, 3.8) is 0 Å². The lowest BCUT2D eigenvalue weighted by Gasteiger charge is -2.26. The van der Waals surface area contributed by atoms with Crippen molar-refractivity contribution in [1.29, 1.82) is 0 Å². The van der Waals surface area contributed by atoms with Crippen molar-refractivity contribution in [2.24, 2.45) is 0 Å². The smallest absolute Gasteiger partial charge is 0.137 e. The molecule has 1 unspecified atom stereocenters. The minimum Gasteiger partial charge on any atom is -0.354 e. The molecule has 1 aliphatic heterocycles. The molecule has 1 N–H and O–H groups in total. The van der Waals surface area contributed by atoms with Gasteiger partial charge >= 0.3 is 0 Å². The lowest BCUT2D eigenvalue weighted by molar-refractivity contribution is 0.701. The molecule has 21 heavy (non-hydrogen) atoms. The zero-order valence-corrected chi connectivity index (χ0v) is 13.1. The molecule has 3 rings (SSSR count). The Morgan fingerprint density at radius 2 is 2.05 bits per heavy atom. The summed E-state index contributed by atoms with van der Waals surface area (Å²) in [5.74, 6) is 1.26. The van der Waals surface area contributed by atoms with Gasteiger partial charge in [0.25, 0.3) is 0 Å². The zero-order chi connectivity index (χ0) is 14.8. The van der Waals surface area contributed by atoms with Gasteiger partial charge in [0.05, 0.1) is 11.4 Å². The first-order chi connectivity index (χ1) is 10.2. The van der Waals surface area contributed by atoms with Crippen LogP contribution in [0.2, 0.25) is 0 Å². The predicted octanol–water partition coefficient (Wildman–Crippen LogP) is 2.89. The molecule has 0 amide bonds. The van der Waals surface area contributed by atoms with Gasteiger partial charge in [-0.3, -0.25) is 0 Å². The van der Waals surface area contributed by atoms with Gasteiger partial charge in [0.2, 0.25) is 0 Å². The second-order valence-corrected chi connectivity index (χ2v) is 5.85. The summed E-state index contributed by atoms with van der Waals surface area (Å²) < 4.78 is 2.11. The quantitative estimate of drug-likeness (QED) is 0.937. The third kappa shape index (κ3) is 2.56. The summed E-state index contributed by atoms with van der Waals surface area (Å²) in [6.07, 6.45) is 2.52. The largest absolute Gasteiger partial charge is 0.354 e. The van der Waals surface area contributed by atoms with Crippen LogP contribution in [-0.2, 0) is 6.54 Å². The highest BCUT2D eigenvalue weighted by Gasteiger charge is 2.28. The van der Waals surface area contributed by atoms with Crippen LogP contribution >= 0.6 is 0 Å². The molecule has 0 spiro atoms. The Bertz CT molecular complexity index is 603. The SMILES string of the molecule is CNCc1c(C)nn(-c2ccccc2)c1N1CCCC1C. The average molecular weight is 284 g/mol. The second kappa shape index (κ2) is 5.90. The molecule has 1 aromatic heterocycles. The number of hydrogen-bond acceptors (Lipinski definition) is 3. The predicted molar refractivity (Wildman–Crippen MR) is 87.1 cm³/mol. The van der Waals surface area contributed by atoms with Gasteiger partial charge in [-0.2, -0.15) is 5.10 Å². The van der Waals surface area contributed by atoms with Crippen LogP contribution in [0.1, 0.15) is 31.0 Å². The van der Waals surface area contributed by atoms with Gasteiger partial charge in [-0.15, -0.1) is 0 Å². The molecule has 1 aromatic carbocycles. The van der Waals surface area contributed by atoms with Crippen LogP contribution in [0.3, 0.4) is 0 Å². The van der Waals surface area contributed by atoms with Crippen molar-refractivity contribution in [3.05, 3.63) is 41.6 Å². The Kier molecular flexibility index (Phi) is 3.97. The summed E-state index contributed by atoms with van der Waals surface area (Å²) in [7, 11) is 2.00. The van der Waals surface area contributed by atoms with E-state index in [-0.39, 0.29) is 0 Å². The van der Waals surface area contributed by atoms with E-state index in [1.165, 1.54) is 24.2 Å². The van der Waals surface area contributed by atoms with E-state index in [1.807, 2.05) is 13.1 Å². The van der Waals surface area contributed by atoms with Crippen molar-refractivity contribution in [2.45, 2.75) is 39.3 Å². The number of aryl methyl sites for hydroxylation is 1. The maximum atomic E-state index is 4.81. The van der Waals surface area contributed by atoms with E-state index in [2.05, 4.69) is 53.0 Å². The Hall–Kier alpha value is -1.81. The minimum atomic E-state index is 0.583. The van der Waals surface area contributed by atoms with Gasteiger partial charge in [0, 0.05) is 24.7 Å². The molecular formula is C17H24N4. The van der Waals surface area contributed by atoms with E-state index in [0.717, 1.165) is 24.5 Å². The van der Waals surface area contributed by atoms with Crippen molar-refractivity contribution in [2.75, 3.05) is 18.5 Å². The fourth-order valence-corrected chi connectivity index (χ4v) is 3.22. The van der Waals surface area contributed by atoms with Gasteiger partial charge in [0.1, 0.15) is 5.82 Å². The normalized spacial score (nSPS) is 18.4. The number of hydrogen-bond donors (Lipinski definition) is 1. The van der Waals surface area contributed by atoms with Crippen molar-refractivity contribution in [3.8, 4) is 5.69 Å². The molecule has 0 bridgehead atoms. The van der Waals surface area contributed by atoms with Crippen molar-refractivity contribution < 1.29 is 0 Å². The van der Waals surface area contributed by atoms with Crippen LogP contribution in [-0.4, -0.2) is 29.4 Å². The van der Waals surface area contributed by atoms with Crippen LogP contribution in [0, 0.1) is 6.92 Å². The lowest BCUT2D eigenvalue weighted by atomic mass is 10.2. The Labute approximate surface area is 126 Å². The monoisotopic (exact) mass is 284 g/mol. The van der Waals surface area contributed by atoms with Crippen LogP contribution in [0.5, 0.6) is 0 Å². The number of para-hydroxylation sites is 1. The molecule has 1 saturated heterocycles. The highest BCUT2D eigenvalue weighted by molar-refractivity contribution is 5.56. The van der Waals surface area contributed by atoms with Gasteiger partial charge in [-0.1, -0.05) is 18.2 Å². The number of rotatable bonds is 4. The molecule has 1 atom stereocenters. The minimum absolute atomic E-state index is 0.583. The summed E-state index contributed by atoms with van der Waals surface area (Å²) in [5, 5.41) is 8.10. The lowest BCUT2D eigenvalue weighted by Crippen LogP contribution is -2.30. The molecular weight excluding hydrogens is 260 g/mol. The topological polar surface area (TPSA) is 33.1 Å². The summed E-state index contributed by atoms with van der Waals surface area (Å²) in [4.78, 5) is 2.51. The summed E-state index contributed by atoms with van der Waals surface area (Å²) in [5.41, 5.74) is 3.56. The number of anilines is 1. The van der Waals surface area contributed by atoms with Gasteiger partial charge in [-0.05, 0) is 45.9 Å². The highest BCUT2D eigenvalue weighted by atomic mass is 15.4. The van der Waals surface area contributed by atoms with Crippen LogP contribution in [0.15, 0.2) is 30.3 Å². The molecule has 2 aromatic rings. The summed E-state index contributed by atoms with van der Waals surface area (Å²) in [6.45, 7) is 6.40. The van der Waals surface area contributed by atoms with Crippen molar-refractivity contribution in [1.82, 2.24) is 15.1 Å². The highest BCUT2D eigenvalue weighted by Crippen LogP contribution is 2.32. The molecule has 2 heterocycles. The molecule has 1 aliphatic rings. The number of nitrogens with one attached hydrogen (secondary N) is 1. The van der Waals surface area contributed by atoms with Crippen LogP contribution in [0.25, 0.3) is 5.69 Å². The second-order valence-electron chi connectivity index (χ2n) is 5.85. The van der Waals surface area contributed by atoms with E-state index in [1.54, 1.807) is 0 Å². The van der Waals surface area contributed by atoms with Crippen LogP contribution < -0.4 is 10.2 Å². The zero-order valence-electron chi connectivity index (χ0n) is 13.1. The standard InChI is InChI=1S/C17H24N4/c1-13-8-7-11-20(13)17-16(12-18-3)14(2)19-21(17)15-9-5-4-6-10-15/h4-6,9-10,13,18H,7-8,11-12H2,1-3H3. The van der Waals surface area contributed by atoms with E-state index in [4.69, 9.17) is 5.10 Å². The molecule has 0 aliphatic carbocycles. The number of benzene rings is 1. The molecule has 112 valence electrons. The van der Waals surface area contributed by atoms with E-state index in [9.17, 15) is 0 Å². The van der Waals surface area contributed by atoms with E-state index >= 15 is 0 Å². The third-order valence-electron chi connectivity index (χ3n) is 4.34. The van der Waals surface area contributed by atoms with Crippen molar-refractivity contribution >= 4 is 5.82 Å². The first-order valence-electron chi connectivity index (χ1n) is 7.77. The molecule has 0 radical (unpaired) electrons. The maximum absolute atomic E-state index is 4.81. The Morgan fingerprint density at radius 1 is 1.29 bits per heavy atom. The Morgan fingerprint density at radius 3 is 2.67 bits per heavy atom. The number of nitrogens with zero attached hydrogens (tertiary/aromatic N) is 3. The fraction of sp³-hybridized carbons (Fsp3) is 0.471. The third-order valence-corrected chi connectivity index (χ3v) is 4.34. The molecule has 4 heteroatoms. The van der Waals surface area contributed by atoms with Crippen LogP contribution in [0.4, 0.5) is 5.82 Å². The molecule has 0 saturated carbocycles. The average Bonchev–Trinajstić information content (AvgIpc) is 3.05. The van der Waals surface area contributed by atoms with Gasteiger partial charge in [0.15, 0.2) is 0 Å². The summed E-state index contributed by atoms with van der Waals surface area (Å²) >= 11 is 0. The Balaban J connectivity index is 2.13. The molecule has 1 fully saturated rings. The fourth-order valence-electron chi connectivity index (χ4n) is 3.22. The van der Waals surface area contributed by atoms with Gasteiger partial charge in [-0.25, -0.2) is 4.68 Å².